The van der Waals surface area contributed by atoms with Crippen LogP contribution >= 0.6 is 15.9 Å². The van der Waals surface area contributed by atoms with E-state index in [-0.39, 0.29) is 4.69 Å². The van der Waals surface area contributed by atoms with Crippen LogP contribution in [-0.4, -0.2) is 4.69 Å². The molecule has 0 fully saturated rings. The first-order valence-electron chi connectivity index (χ1n) is 3.96. The normalized spacial score (nSPS) is 10.2. The lowest BCUT2D eigenvalue weighted by Gasteiger charge is -2.00. The minimum atomic E-state index is -0.0655. The molecule has 0 amide bonds. The minimum absolute atomic E-state index is 0.0655. The average molecular weight is 235 g/mol. The Morgan fingerprint density at radius 2 is 1.69 bits per heavy atom. The molecule has 0 aromatic heterocycles. The van der Waals surface area contributed by atoms with Crippen LogP contribution in [0.15, 0.2) is 42.5 Å². The first-order valence-corrected chi connectivity index (χ1v) is 4.76. The van der Waals surface area contributed by atoms with Crippen molar-refractivity contribution >= 4 is 31.4 Å². The first-order chi connectivity index (χ1) is 6.29. The molecule has 64 valence electrons. The Hall–Kier alpha value is -1.15. The number of halogens is 1. The SMILES string of the molecule is O=C(Br)c1cccc2ccccc12. The zero-order valence-corrected chi connectivity index (χ0v) is 8.41. The zero-order chi connectivity index (χ0) is 9.26. The molecule has 2 aromatic carbocycles. The van der Waals surface area contributed by atoms with Gasteiger partial charge < -0.3 is 0 Å². The lowest BCUT2D eigenvalue weighted by molar-refractivity contribution is 0.109. The van der Waals surface area contributed by atoms with E-state index < -0.39 is 0 Å². The molecule has 1 nitrogen and oxygen atoms in total. The Balaban J connectivity index is 2.83. The van der Waals surface area contributed by atoms with Crippen molar-refractivity contribution in [3.63, 3.8) is 0 Å². The molecule has 0 radical (unpaired) electrons. The number of fused-ring (bicyclic) bond motifs is 1. The van der Waals surface area contributed by atoms with Crippen LogP contribution in [0.1, 0.15) is 10.4 Å². The standard InChI is InChI=1S/C11H7BrO/c12-11(13)10-7-3-5-8-4-1-2-6-9(8)10/h1-7H. The Labute approximate surface area is 84.5 Å². The number of carbonyl (C=O) groups excluding carboxylic acids is 1. The maximum atomic E-state index is 11.2. The molecule has 2 rings (SSSR count). The van der Waals surface area contributed by atoms with Crippen LogP contribution < -0.4 is 0 Å². The van der Waals surface area contributed by atoms with E-state index in [1.807, 2.05) is 42.5 Å². The van der Waals surface area contributed by atoms with E-state index in [1.165, 1.54) is 0 Å². The zero-order valence-electron chi connectivity index (χ0n) is 6.83. The van der Waals surface area contributed by atoms with Crippen LogP contribution in [0.4, 0.5) is 0 Å². The summed E-state index contributed by atoms with van der Waals surface area (Å²) < 4.78 is -0.0655. The molecule has 2 aromatic rings. The van der Waals surface area contributed by atoms with Gasteiger partial charge >= 0.3 is 0 Å². The van der Waals surface area contributed by atoms with Gasteiger partial charge in [-0.1, -0.05) is 36.4 Å². The van der Waals surface area contributed by atoms with E-state index in [9.17, 15) is 4.79 Å². The molecule has 0 bridgehead atoms. The van der Waals surface area contributed by atoms with Crippen LogP contribution in [0.3, 0.4) is 0 Å². The van der Waals surface area contributed by atoms with Gasteiger partial charge in [-0.15, -0.1) is 0 Å². The Morgan fingerprint density at radius 3 is 2.46 bits per heavy atom. The fourth-order valence-electron chi connectivity index (χ4n) is 1.40. The largest absolute Gasteiger partial charge is 0.281 e. The van der Waals surface area contributed by atoms with Crippen molar-refractivity contribution in [2.24, 2.45) is 0 Å². The Morgan fingerprint density at radius 1 is 1.00 bits per heavy atom. The molecule has 0 saturated heterocycles. The monoisotopic (exact) mass is 234 g/mol. The predicted octanol–water partition coefficient (Wildman–Crippen LogP) is 3.37. The van der Waals surface area contributed by atoms with Crippen molar-refractivity contribution in [1.29, 1.82) is 0 Å². The second kappa shape index (κ2) is 3.30. The van der Waals surface area contributed by atoms with Gasteiger partial charge in [-0.3, -0.25) is 4.79 Å². The summed E-state index contributed by atoms with van der Waals surface area (Å²) in [6.45, 7) is 0. The third-order valence-electron chi connectivity index (χ3n) is 2.00. The highest BCUT2D eigenvalue weighted by Gasteiger charge is 2.04. The van der Waals surface area contributed by atoms with Crippen molar-refractivity contribution in [2.75, 3.05) is 0 Å². The molecule has 0 heterocycles. The van der Waals surface area contributed by atoms with E-state index in [1.54, 1.807) is 0 Å². The van der Waals surface area contributed by atoms with Gasteiger partial charge in [0.25, 0.3) is 0 Å². The van der Waals surface area contributed by atoms with E-state index >= 15 is 0 Å². The van der Waals surface area contributed by atoms with Crippen molar-refractivity contribution in [2.45, 2.75) is 0 Å². The van der Waals surface area contributed by atoms with Crippen molar-refractivity contribution in [3.8, 4) is 0 Å². The molecule has 0 unspecified atom stereocenters. The summed E-state index contributed by atoms with van der Waals surface area (Å²) in [7, 11) is 0. The summed E-state index contributed by atoms with van der Waals surface area (Å²) in [6, 6.07) is 13.5. The fourth-order valence-corrected chi connectivity index (χ4v) is 1.74. The van der Waals surface area contributed by atoms with Gasteiger partial charge in [-0.05, 0) is 32.8 Å². The van der Waals surface area contributed by atoms with Gasteiger partial charge in [0.05, 0.1) is 0 Å². The summed E-state index contributed by atoms with van der Waals surface area (Å²) in [5.41, 5.74) is 0.720. The molecule has 0 saturated carbocycles. The summed E-state index contributed by atoms with van der Waals surface area (Å²) in [5.74, 6) is 0. The van der Waals surface area contributed by atoms with Gasteiger partial charge in [-0.2, -0.15) is 0 Å². The summed E-state index contributed by atoms with van der Waals surface area (Å²) in [4.78, 5) is 11.2. The maximum Gasteiger partial charge on any atom is 0.228 e. The van der Waals surface area contributed by atoms with Gasteiger partial charge in [0.15, 0.2) is 0 Å². The van der Waals surface area contributed by atoms with Crippen LogP contribution in [0.5, 0.6) is 0 Å². The van der Waals surface area contributed by atoms with E-state index in [2.05, 4.69) is 15.9 Å². The van der Waals surface area contributed by atoms with Crippen LogP contribution in [0, 0.1) is 0 Å². The summed E-state index contributed by atoms with van der Waals surface area (Å²) in [5, 5.41) is 2.08. The van der Waals surface area contributed by atoms with Crippen molar-refractivity contribution < 1.29 is 4.79 Å². The third-order valence-corrected chi connectivity index (χ3v) is 2.43. The Bertz CT molecular complexity index is 457. The van der Waals surface area contributed by atoms with Gasteiger partial charge in [0.1, 0.15) is 0 Å². The van der Waals surface area contributed by atoms with E-state index in [4.69, 9.17) is 0 Å². The highest BCUT2D eigenvalue weighted by molar-refractivity contribution is 9.18. The third kappa shape index (κ3) is 1.49. The molecular weight excluding hydrogens is 228 g/mol. The molecule has 0 aliphatic carbocycles. The van der Waals surface area contributed by atoms with Crippen molar-refractivity contribution in [1.82, 2.24) is 0 Å². The van der Waals surface area contributed by atoms with E-state index in [0.717, 1.165) is 16.3 Å². The molecule has 0 aliphatic heterocycles. The lowest BCUT2D eigenvalue weighted by Crippen LogP contribution is -1.88. The average Bonchev–Trinajstić information content (AvgIpc) is 2.17. The molecule has 2 heteroatoms. The van der Waals surface area contributed by atoms with Crippen LogP contribution in [0.2, 0.25) is 0 Å². The second-order valence-electron chi connectivity index (χ2n) is 2.80. The number of benzene rings is 2. The maximum absolute atomic E-state index is 11.2. The second-order valence-corrected chi connectivity index (χ2v) is 3.52. The molecule has 0 atom stereocenters. The van der Waals surface area contributed by atoms with Crippen LogP contribution in [0.25, 0.3) is 10.8 Å². The molecule has 0 spiro atoms. The van der Waals surface area contributed by atoms with E-state index in [0.29, 0.717) is 0 Å². The fraction of sp³-hybridized carbons (Fsp3) is 0. The number of carbonyl (C=O) groups is 1. The smallest absolute Gasteiger partial charge is 0.228 e. The van der Waals surface area contributed by atoms with Gasteiger partial charge in [-0.25, -0.2) is 0 Å². The van der Waals surface area contributed by atoms with Gasteiger partial charge in [0, 0.05) is 5.56 Å². The summed E-state index contributed by atoms with van der Waals surface area (Å²) in [6.07, 6.45) is 0. The molecule has 13 heavy (non-hydrogen) atoms. The highest BCUT2D eigenvalue weighted by Crippen LogP contribution is 2.20. The molecule has 0 N–H and O–H groups in total. The first kappa shape index (κ1) is 8.45. The number of rotatable bonds is 1. The highest BCUT2D eigenvalue weighted by atomic mass is 79.9. The topological polar surface area (TPSA) is 17.1 Å². The minimum Gasteiger partial charge on any atom is -0.281 e. The Kier molecular flexibility index (Phi) is 2.15. The van der Waals surface area contributed by atoms with Gasteiger partial charge in [0.2, 0.25) is 4.69 Å². The predicted molar refractivity (Wildman–Crippen MR) is 57.2 cm³/mol. The number of hydrogen-bond donors (Lipinski definition) is 0. The molecule has 0 aliphatic rings. The van der Waals surface area contributed by atoms with Crippen LogP contribution in [-0.2, 0) is 0 Å². The quantitative estimate of drug-likeness (QED) is 0.692. The molecular formula is C11H7BrO. The lowest BCUT2D eigenvalue weighted by atomic mass is 10.1. The summed E-state index contributed by atoms with van der Waals surface area (Å²) >= 11 is 2.96. The number of hydrogen-bond acceptors (Lipinski definition) is 1. The van der Waals surface area contributed by atoms with Crippen molar-refractivity contribution in [3.05, 3.63) is 48.0 Å².